The number of carbonyl (C=O) groups is 2. The number of hydrogen-bond donors (Lipinski definition) is 2. The molecular weight excluding hydrogens is 461 g/mol. The van der Waals surface area contributed by atoms with Gasteiger partial charge in [-0.3, -0.25) is 4.79 Å². The summed E-state index contributed by atoms with van der Waals surface area (Å²) in [6.07, 6.45) is 4.39. The van der Waals surface area contributed by atoms with Crippen molar-refractivity contribution >= 4 is 30.5 Å². The minimum absolute atomic E-state index is 0.0586. The summed E-state index contributed by atoms with van der Waals surface area (Å²) < 4.78 is 17.5. The largest absolute Gasteiger partial charge is 0.498 e. The van der Waals surface area contributed by atoms with E-state index in [1.165, 1.54) is 0 Å². The van der Waals surface area contributed by atoms with Crippen LogP contribution in [0.1, 0.15) is 75.2 Å². The Balaban J connectivity index is 1.51. The normalized spacial score (nSPS) is 20.8. The summed E-state index contributed by atoms with van der Waals surface area (Å²) in [5, 5.41) is 6.12. The van der Waals surface area contributed by atoms with E-state index in [1.54, 1.807) is 33.2 Å². The number of alkyl carbamates (subject to hydrolysis) is 1. The second-order valence-electron chi connectivity index (χ2n) is 12.0. The lowest BCUT2D eigenvalue weighted by Gasteiger charge is -2.35. The van der Waals surface area contributed by atoms with Crippen LogP contribution in [-0.4, -0.2) is 76.0 Å². The number of nitrogens with zero attached hydrogens (tertiary/aromatic N) is 3. The maximum absolute atomic E-state index is 13.1. The summed E-state index contributed by atoms with van der Waals surface area (Å²) in [4.78, 5) is 36.1. The van der Waals surface area contributed by atoms with Gasteiger partial charge in [-0.1, -0.05) is 13.8 Å². The fourth-order valence-corrected chi connectivity index (χ4v) is 4.08. The SMILES string of the molecule is CC(C)[C@@H](NC(=O)OC(C)(C)C)C(=O)N1CCC(Nc2ncc(B3OC(C)(C)C(C)(C)O3)cn2)CC1. The zero-order valence-corrected chi connectivity index (χ0v) is 23.2. The molecule has 1 atom stereocenters. The smallest absolute Gasteiger partial charge is 0.444 e. The zero-order chi connectivity index (χ0) is 26.9. The maximum atomic E-state index is 13.1. The van der Waals surface area contributed by atoms with E-state index < -0.39 is 36.1 Å². The van der Waals surface area contributed by atoms with Crippen molar-refractivity contribution in [3.05, 3.63) is 12.4 Å². The van der Waals surface area contributed by atoms with Gasteiger partial charge < -0.3 is 29.6 Å². The van der Waals surface area contributed by atoms with Gasteiger partial charge in [-0.15, -0.1) is 0 Å². The molecule has 0 unspecified atom stereocenters. The zero-order valence-electron chi connectivity index (χ0n) is 23.2. The highest BCUT2D eigenvalue weighted by molar-refractivity contribution is 6.61. The van der Waals surface area contributed by atoms with Gasteiger partial charge in [-0.05, 0) is 67.2 Å². The molecule has 3 heterocycles. The molecule has 2 N–H and O–H groups in total. The van der Waals surface area contributed by atoms with E-state index in [1.807, 2.05) is 46.4 Å². The fourth-order valence-electron chi connectivity index (χ4n) is 4.08. The predicted octanol–water partition coefficient (Wildman–Crippen LogP) is 2.73. The lowest BCUT2D eigenvalue weighted by molar-refractivity contribution is -0.135. The number of likely N-dealkylation sites (tertiary alicyclic amines) is 1. The van der Waals surface area contributed by atoms with Crippen molar-refractivity contribution in [2.75, 3.05) is 18.4 Å². The van der Waals surface area contributed by atoms with Crippen LogP contribution in [-0.2, 0) is 18.8 Å². The van der Waals surface area contributed by atoms with Crippen LogP contribution in [0, 0.1) is 5.92 Å². The summed E-state index contributed by atoms with van der Waals surface area (Å²) in [5.41, 5.74) is -0.686. The van der Waals surface area contributed by atoms with Crippen molar-refractivity contribution in [3.63, 3.8) is 0 Å². The summed E-state index contributed by atoms with van der Waals surface area (Å²) in [7, 11) is -0.499. The van der Waals surface area contributed by atoms with Gasteiger partial charge in [0.25, 0.3) is 0 Å². The third-order valence-electron chi connectivity index (χ3n) is 6.94. The molecule has 200 valence electrons. The lowest BCUT2D eigenvalue weighted by atomic mass is 9.81. The van der Waals surface area contributed by atoms with E-state index in [0.29, 0.717) is 19.0 Å². The van der Waals surface area contributed by atoms with Gasteiger partial charge in [0.1, 0.15) is 11.6 Å². The van der Waals surface area contributed by atoms with E-state index in [0.717, 1.165) is 18.3 Å². The van der Waals surface area contributed by atoms with Crippen LogP contribution in [0.2, 0.25) is 0 Å². The molecule has 0 saturated carbocycles. The first-order valence-electron chi connectivity index (χ1n) is 12.8. The molecule has 0 aliphatic carbocycles. The fraction of sp³-hybridized carbons (Fsp3) is 0.760. The molecular formula is C25H42BN5O5. The van der Waals surface area contributed by atoms with Crippen LogP contribution in [0.3, 0.4) is 0 Å². The minimum Gasteiger partial charge on any atom is -0.444 e. The molecule has 0 aromatic carbocycles. The van der Waals surface area contributed by atoms with Crippen molar-refractivity contribution in [1.29, 1.82) is 0 Å². The number of amides is 2. The van der Waals surface area contributed by atoms with Crippen LogP contribution >= 0.6 is 0 Å². The first kappa shape index (κ1) is 28.2. The highest BCUT2D eigenvalue weighted by atomic mass is 16.7. The van der Waals surface area contributed by atoms with Crippen molar-refractivity contribution in [1.82, 2.24) is 20.2 Å². The van der Waals surface area contributed by atoms with Gasteiger partial charge in [-0.2, -0.15) is 0 Å². The van der Waals surface area contributed by atoms with Gasteiger partial charge in [-0.25, -0.2) is 14.8 Å². The van der Waals surface area contributed by atoms with Gasteiger partial charge >= 0.3 is 13.2 Å². The van der Waals surface area contributed by atoms with Crippen LogP contribution < -0.4 is 16.1 Å². The van der Waals surface area contributed by atoms with Gasteiger partial charge in [0.05, 0.1) is 11.2 Å². The molecule has 2 aliphatic heterocycles. The standard InChI is InChI=1S/C25H42BN5O5/c1-16(2)19(30-22(33)34-23(3,4)5)20(32)31-12-10-18(11-13-31)29-21-27-14-17(15-28-21)26-35-24(6,7)25(8,9)36-26/h14-16,18-19H,10-13H2,1-9H3,(H,30,33)(H,27,28,29)/t19-/m1/s1. The molecule has 2 amide bonds. The molecule has 0 radical (unpaired) electrons. The molecule has 2 aliphatic rings. The van der Waals surface area contributed by atoms with Crippen LogP contribution in [0.4, 0.5) is 10.7 Å². The molecule has 2 fully saturated rings. The number of anilines is 1. The Morgan fingerprint density at radius 3 is 2.08 bits per heavy atom. The second kappa shape index (κ2) is 10.5. The Bertz CT molecular complexity index is 908. The number of aromatic nitrogens is 2. The Labute approximate surface area is 215 Å². The van der Waals surface area contributed by atoms with E-state index >= 15 is 0 Å². The molecule has 3 rings (SSSR count). The summed E-state index contributed by atoms with van der Waals surface area (Å²) in [5.74, 6) is 0.390. The van der Waals surface area contributed by atoms with Gasteiger partial charge in [0, 0.05) is 37.0 Å². The van der Waals surface area contributed by atoms with E-state index in [2.05, 4.69) is 20.6 Å². The van der Waals surface area contributed by atoms with Crippen molar-refractivity contribution < 1.29 is 23.6 Å². The van der Waals surface area contributed by atoms with Gasteiger partial charge in [0.15, 0.2) is 0 Å². The van der Waals surface area contributed by atoms with E-state index in [-0.39, 0.29) is 17.9 Å². The maximum Gasteiger partial charge on any atom is 0.498 e. The number of hydrogen-bond acceptors (Lipinski definition) is 8. The van der Waals surface area contributed by atoms with Crippen LogP contribution in [0.15, 0.2) is 12.4 Å². The van der Waals surface area contributed by atoms with Crippen LogP contribution in [0.25, 0.3) is 0 Å². The molecule has 36 heavy (non-hydrogen) atoms. The topological polar surface area (TPSA) is 115 Å². The monoisotopic (exact) mass is 503 g/mol. The highest BCUT2D eigenvalue weighted by Gasteiger charge is 2.52. The number of ether oxygens (including phenoxy) is 1. The molecule has 2 saturated heterocycles. The average molecular weight is 503 g/mol. The predicted molar refractivity (Wildman–Crippen MR) is 139 cm³/mol. The van der Waals surface area contributed by atoms with Crippen molar-refractivity contribution in [2.45, 2.75) is 104 Å². The van der Waals surface area contributed by atoms with Crippen LogP contribution in [0.5, 0.6) is 0 Å². The molecule has 0 spiro atoms. The second-order valence-corrected chi connectivity index (χ2v) is 12.0. The summed E-state index contributed by atoms with van der Waals surface area (Å²) in [6, 6.07) is -0.483. The van der Waals surface area contributed by atoms with Crippen molar-refractivity contribution in [2.24, 2.45) is 5.92 Å². The molecule has 10 nitrogen and oxygen atoms in total. The molecule has 1 aromatic rings. The number of nitrogens with one attached hydrogen (secondary N) is 2. The van der Waals surface area contributed by atoms with Crippen molar-refractivity contribution in [3.8, 4) is 0 Å². The first-order chi connectivity index (χ1) is 16.6. The quantitative estimate of drug-likeness (QED) is 0.570. The summed E-state index contributed by atoms with van der Waals surface area (Å²) in [6.45, 7) is 18.4. The highest BCUT2D eigenvalue weighted by Crippen LogP contribution is 2.36. The Hall–Kier alpha value is -2.40. The lowest BCUT2D eigenvalue weighted by Crippen LogP contribution is -2.54. The van der Waals surface area contributed by atoms with E-state index in [4.69, 9.17) is 14.0 Å². The molecule has 1 aromatic heterocycles. The van der Waals surface area contributed by atoms with E-state index in [9.17, 15) is 9.59 Å². The molecule has 0 bridgehead atoms. The average Bonchev–Trinajstić information content (AvgIpc) is 2.98. The third-order valence-corrected chi connectivity index (χ3v) is 6.94. The Kier molecular flexibility index (Phi) is 8.25. The number of carbonyl (C=O) groups excluding carboxylic acids is 2. The Morgan fingerprint density at radius 2 is 1.61 bits per heavy atom. The molecule has 11 heteroatoms. The minimum atomic E-state index is -0.629. The Morgan fingerprint density at radius 1 is 1.08 bits per heavy atom. The van der Waals surface area contributed by atoms with Gasteiger partial charge in [0.2, 0.25) is 11.9 Å². The first-order valence-corrected chi connectivity index (χ1v) is 12.8. The third kappa shape index (κ3) is 6.88. The summed E-state index contributed by atoms with van der Waals surface area (Å²) >= 11 is 0. The number of piperidine rings is 1. The number of rotatable bonds is 6.